The average Bonchev–Trinajstić information content (AvgIpc) is 1.62. The summed E-state index contributed by atoms with van der Waals surface area (Å²) in [5.74, 6) is -0.373. The Morgan fingerprint density at radius 3 is 2.00 bits per heavy atom. The minimum atomic E-state index is -0.398. The lowest BCUT2D eigenvalue weighted by atomic mass is 10.2. The molecule has 0 bridgehead atoms. The molecule has 10 heavy (non-hydrogen) atoms. The van der Waals surface area contributed by atoms with Crippen molar-refractivity contribution in [1.29, 1.82) is 0 Å². The van der Waals surface area contributed by atoms with Crippen molar-refractivity contribution in [2.75, 3.05) is 0 Å². The molecule has 0 atom stereocenters. The zero-order valence-corrected chi connectivity index (χ0v) is 6.81. The molecule has 0 aromatic carbocycles. The molecule has 0 spiro atoms. The third-order valence-corrected chi connectivity index (χ3v) is 0.573. The van der Waals surface area contributed by atoms with Gasteiger partial charge >= 0.3 is 5.97 Å². The van der Waals surface area contributed by atoms with Crippen LogP contribution in [0.5, 0.6) is 0 Å². The molecule has 3 heteroatoms. The summed E-state index contributed by atoms with van der Waals surface area (Å²) in [5, 5.41) is 0. The summed E-state index contributed by atoms with van der Waals surface area (Å²) in [7, 11) is 0. The summed E-state index contributed by atoms with van der Waals surface area (Å²) >= 11 is 0. The van der Waals surface area contributed by atoms with Crippen LogP contribution >= 0.6 is 0 Å². The number of hydrogen-bond acceptors (Lipinski definition) is 3. The first-order valence-electron chi connectivity index (χ1n) is 2.81. The molecule has 0 aliphatic heterocycles. The highest BCUT2D eigenvalue weighted by Gasteiger charge is 2.12. The van der Waals surface area contributed by atoms with Gasteiger partial charge in [-0.15, -0.1) is 0 Å². The number of carbonyl (C=O) groups is 1. The van der Waals surface area contributed by atoms with Crippen LogP contribution in [0.1, 0.15) is 20.8 Å². The molecule has 3 N–H and O–H groups in total. The Bertz CT molecular complexity index is 124. The van der Waals surface area contributed by atoms with E-state index >= 15 is 0 Å². The van der Waals surface area contributed by atoms with Gasteiger partial charge in [0, 0.05) is 6.08 Å². The van der Waals surface area contributed by atoms with Crippen molar-refractivity contribution in [3.8, 4) is 0 Å². The second-order valence-electron chi connectivity index (χ2n) is 2.74. The monoisotopic (exact) mass is 145 g/mol. The Labute approximate surface area is 61.7 Å². The van der Waals surface area contributed by atoms with Gasteiger partial charge < -0.3 is 10.9 Å². The summed E-state index contributed by atoms with van der Waals surface area (Å²) < 4.78 is 4.83. The van der Waals surface area contributed by atoms with Crippen molar-refractivity contribution in [1.82, 2.24) is 6.15 Å². The number of carbonyl (C=O) groups excluding carboxylic acids is 1. The smallest absolute Gasteiger partial charge is 0.330 e. The lowest BCUT2D eigenvalue weighted by molar-refractivity contribution is -0.148. The van der Waals surface area contributed by atoms with Crippen LogP contribution in [0, 0.1) is 0 Å². The molecule has 0 amide bonds. The van der Waals surface area contributed by atoms with Crippen molar-refractivity contribution in [2.24, 2.45) is 0 Å². The van der Waals surface area contributed by atoms with Crippen molar-refractivity contribution >= 4 is 5.97 Å². The number of hydrogen-bond donors (Lipinski definition) is 1. The Balaban J connectivity index is 0. The molecule has 0 aromatic heterocycles. The largest absolute Gasteiger partial charge is 0.457 e. The highest BCUT2D eigenvalue weighted by atomic mass is 16.6. The van der Waals surface area contributed by atoms with Crippen LogP contribution in [-0.2, 0) is 9.53 Å². The fourth-order valence-corrected chi connectivity index (χ4v) is 0.343. The third kappa shape index (κ3) is 7.17. The maximum atomic E-state index is 10.5. The fraction of sp³-hybridized carbons (Fsp3) is 0.571. The van der Waals surface area contributed by atoms with Crippen LogP contribution in [0.2, 0.25) is 0 Å². The number of ether oxygens (including phenoxy) is 1. The van der Waals surface area contributed by atoms with Crippen molar-refractivity contribution in [3.05, 3.63) is 12.7 Å². The van der Waals surface area contributed by atoms with Gasteiger partial charge in [0.15, 0.2) is 0 Å². The average molecular weight is 145 g/mol. The minimum Gasteiger partial charge on any atom is -0.457 e. The van der Waals surface area contributed by atoms with Crippen LogP contribution in [0.4, 0.5) is 0 Å². The van der Waals surface area contributed by atoms with E-state index in [2.05, 4.69) is 6.58 Å². The molecule has 0 unspecified atom stereocenters. The van der Waals surface area contributed by atoms with Crippen molar-refractivity contribution < 1.29 is 9.53 Å². The Hall–Kier alpha value is -0.830. The van der Waals surface area contributed by atoms with Crippen LogP contribution in [0.15, 0.2) is 12.7 Å². The van der Waals surface area contributed by atoms with Gasteiger partial charge in [-0.05, 0) is 20.8 Å². The summed E-state index contributed by atoms with van der Waals surface area (Å²) in [5.41, 5.74) is -0.398. The molecule has 0 aliphatic rings. The maximum absolute atomic E-state index is 10.5. The standard InChI is InChI=1S/C7H12O2.H3N/c1-5-6(8)9-7(2,3)4;/h5H,1H2,2-4H3;1H3. The molecular weight excluding hydrogens is 130 g/mol. The van der Waals surface area contributed by atoms with E-state index < -0.39 is 5.60 Å². The Morgan fingerprint density at radius 2 is 1.90 bits per heavy atom. The molecule has 3 nitrogen and oxygen atoms in total. The number of esters is 1. The van der Waals surface area contributed by atoms with Gasteiger partial charge in [-0.3, -0.25) is 0 Å². The highest BCUT2D eigenvalue weighted by molar-refractivity contribution is 5.81. The van der Waals surface area contributed by atoms with E-state index in [1.165, 1.54) is 0 Å². The highest BCUT2D eigenvalue weighted by Crippen LogP contribution is 2.06. The predicted octanol–water partition coefficient (Wildman–Crippen LogP) is 1.68. The van der Waals surface area contributed by atoms with Gasteiger partial charge in [0.1, 0.15) is 5.60 Å². The molecular formula is C7H15NO2. The minimum absolute atomic E-state index is 0. The van der Waals surface area contributed by atoms with Gasteiger partial charge in [-0.2, -0.15) is 0 Å². The van der Waals surface area contributed by atoms with E-state index in [0.717, 1.165) is 6.08 Å². The molecule has 0 heterocycles. The Morgan fingerprint density at radius 1 is 1.50 bits per heavy atom. The molecule has 0 radical (unpaired) electrons. The first kappa shape index (κ1) is 11.9. The van der Waals surface area contributed by atoms with E-state index in [-0.39, 0.29) is 12.1 Å². The normalized spacial score (nSPS) is 9.50. The fourth-order valence-electron chi connectivity index (χ4n) is 0.343. The van der Waals surface area contributed by atoms with E-state index in [9.17, 15) is 4.79 Å². The van der Waals surface area contributed by atoms with Crippen LogP contribution in [0.3, 0.4) is 0 Å². The van der Waals surface area contributed by atoms with E-state index in [1.54, 1.807) is 0 Å². The second-order valence-corrected chi connectivity index (χ2v) is 2.74. The third-order valence-electron chi connectivity index (χ3n) is 0.573. The molecule has 0 saturated carbocycles. The van der Waals surface area contributed by atoms with Crippen LogP contribution < -0.4 is 6.15 Å². The van der Waals surface area contributed by atoms with E-state index in [0.29, 0.717) is 0 Å². The molecule has 0 saturated heterocycles. The van der Waals surface area contributed by atoms with Gasteiger partial charge in [-0.25, -0.2) is 4.79 Å². The Kier molecular flexibility index (Phi) is 4.83. The SMILES string of the molecule is C=CC(=O)OC(C)(C)C.N. The predicted molar refractivity (Wildman–Crippen MR) is 41.1 cm³/mol. The van der Waals surface area contributed by atoms with Crippen LogP contribution in [0.25, 0.3) is 0 Å². The summed E-state index contributed by atoms with van der Waals surface area (Å²) in [6.45, 7) is 8.71. The molecule has 0 aliphatic carbocycles. The molecule has 0 fully saturated rings. The first-order valence-corrected chi connectivity index (χ1v) is 2.81. The lowest BCUT2D eigenvalue weighted by Crippen LogP contribution is -2.22. The zero-order valence-electron chi connectivity index (χ0n) is 6.81. The van der Waals surface area contributed by atoms with Crippen LogP contribution in [-0.4, -0.2) is 11.6 Å². The molecule has 60 valence electrons. The lowest BCUT2D eigenvalue weighted by Gasteiger charge is -2.17. The molecule has 0 rings (SSSR count). The summed E-state index contributed by atoms with van der Waals surface area (Å²) in [4.78, 5) is 10.5. The van der Waals surface area contributed by atoms with E-state index in [1.807, 2.05) is 20.8 Å². The van der Waals surface area contributed by atoms with Crippen molar-refractivity contribution in [3.63, 3.8) is 0 Å². The van der Waals surface area contributed by atoms with E-state index in [4.69, 9.17) is 4.74 Å². The summed E-state index contributed by atoms with van der Waals surface area (Å²) in [6, 6.07) is 0. The second kappa shape index (κ2) is 4.06. The zero-order chi connectivity index (χ0) is 7.49. The van der Waals surface area contributed by atoms with Gasteiger partial charge in [0.25, 0.3) is 0 Å². The molecule has 0 aromatic rings. The first-order chi connectivity index (χ1) is 3.95. The maximum Gasteiger partial charge on any atom is 0.330 e. The van der Waals surface area contributed by atoms with Gasteiger partial charge in [0.05, 0.1) is 0 Å². The summed E-state index contributed by atoms with van der Waals surface area (Å²) in [6.07, 6.45) is 1.16. The topological polar surface area (TPSA) is 61.3 Å². The van der Waals surface area contributed by atoms with Crippen molar-refractivity contribution in [2.45, 2.75) is 26.4 Å². The number of rotatable bonds is 1. The van der Waals surface area contributed by atoms with Gasteiger partial charge in [0.2, 0.25) is 0 Å². The quantitative estimate of drug-likeness (QED) is 0.451. The van der Waals surface area contributed by atoms with Gasteiger partial charge in [-0.1, -0.05) is 6.58 Å².